The van der Waals surface area contributed by atoms with E-state index in [4.69, 9.17) is 0 Å². The van der Waals surface area contributed by atoms with E-state index < -0.39 is 5.54 Å². The zero-order valence-electron chi connectivity index (χ0n) is 16.5. The van der Waals surface area contributed by atoms with Gasteiger partial charge >= 0.3 is 0 Å². The summed E-state index contributed by atoms with van der Waals surface area (Å²) >= 11 is 0. The summed E-state index contributed by atoms with van der Waals surface area (Å²) < 4.78 is 1.67. The minimum Gasteiger partial charge on any atom is -0.340 e. The van der Waals surface area contributed by atoms with Crippen LogP contribution in [0, 0.1) is 6.92 Å². The average molecular weight is 380 g/mol. The van der Waals surface area contributed by atoms with Crippen LogP contribution in [-0.4, -0.2) is 56.6 Å². The van der Waals surface area contributed by atoms with Crippen LogP contribution in [0.25, 0.3) is 0 Å². The van der Waals surface area contributed by atoms with Gasteiger partial charge in [0.25, 0.3) is 0 Å². The van der Waals surface area contributed by atoms with Gasteiger partial charge in [-0.05, 0) is 50.2 Å². The maximum atomic E-state index is 13.5. The quantitative estimate of drug-likeness (QED) is 0.800. The minimum atomic E-state index is -0.645. The maximum Gasteiger partial charge on any atom is 0.248 e. The molecule has 2 saturated heterocycles. The van der Waals surface area contributed by atoms with Gasteiger partial charge in [-0.25, -0.2) is 0 Å². The molecule has 4 rings (SSSR count). The molecule has 1 aromatic heterocycles. The molecule has 1 unspecified atom stereocenters. The Labute approximate surface area is 166 Å². The largest absolute Gasteiger partial charge is 0.340 e. The topological polar surface area (TPSA) is 58.4 Å². The highest BCUT2D eigenvalue weighted by molar-refractivity contribution is 5.92. The first-order valence-electron chi connectivity index (χ1n) is 10.2. The van der Waals surface area contributed by atoms with Gasteiger partial charge in [-0.15, -0.1) is 0 Å². The molecule has 6 heteroatoms. The molecule has 1 spiro atoms. The molecule has 28 heavy (non-hydrogen) atoms. The third-order valence-electron chi connectivity index (χ3n) is 6.07. The van der Waals surface area contributed by atoms with Crippen LogP contribution >= 0.6 is 0 Å². The van der Waals surface area contributed by atoms with Gasteiger partial charge in [0.2, 0.25) is 11.8 Å². The molecule has 2 aliphatic heterocycles. The monoisotopic (exact) mass is 380 g/mol. The second-order valence-corrected chi connectivity index (χ2v) is 8.03. The predicted octanol–water partition coefficient (Wildman–Crippen LogP) is 2.42. The molecule has 2 aliphatic rings. The van der Waals surface area contributed by atoms with Gasteiger partial charge in [-0.2, -0.15) is 5.10 Å². The van der Waals surface area contributed by atoms with E-state index in [9.17, 15) is 9.59 Å². The van der Waals surface area contributed by atoms with E-state index in [1.165, 1.54) is 5.56 Å². The second-order valence-electron chi connectivity index (χ2n) is 8.03. The minimum absolute atomic E-state index is 0.00106. The third kappa shape index (κ3) is 3.55. The van der Waals surface area contributed by atoms with Crippen molar-refractivity contribution in [1.29, 1.82) is 0 Å². The molecule has 1 atom stereocenters. The first-order chi connectivity index (χ1) is 13.6. The van der Waals surface area contributed by atoms with Crippen molar-refractivity contribution >= 4 is 11.8 Å². The molecule has 0 bridgehead atoms. The van der Waals surface area contributed by atoms with Crippen molar-refractivity contribution < 1.29 is 9.59 Å². The second kappa shape index (κ2) is 7.78. The third-order valence-corrected chi connectivity index (χ3v) is 6.07. The van der Waals surface area contributed by atoms with Crippen molar-refractivity contribution in [2.45, 2.75) is 51.1 Å². The van der Waals surface area contributed by atoms with Crippen LogP contribution in [-0.2, 0) is 22.6 Å². The fourth-order valence-corrected chi connectivity index (χ4v) is 4.69. The lowest BCUT2D eigenvalue weighted by Crippen LogP contribution is -2.61. The summed E-state index contributed by atoms with van der Waals surface area (Å²) in [5.74, 6) is 0.135. The Morgan fingerprint density at radius 3 is 2.61 bits per heavy atom. The van der Waals surface area contributed by atoms with Gasteiger partial charge in [-0.1, -0.05) is 30.3 Å². The van der Waals surface area contributed by atoms with E-state index >= 15 is 0 Å². The maximum absolute atomic E-state index is 13.5. The van der Waals surface area contributed by atoms with E-state index in [2.05, 4.69) is 17.2 Å². The Bertz CT molecular complexity index is 847. The average Bonchev–Trinajstić information content (AvgIpc) is 3.30. The first-order valence-corrected chi connectivity index (χ1v) is 10.2. The van der Waals surface area contributed by atoms with Crippen LogP contribution in [0.3, 0.4) is 0 Å². The van der Waals surface area contributed by atoms with E-state index in [-0.39, 0.29) is 18.4 Å². The van der Waals surface area contributed by atoms with Crippen LogP contribution in [0.5, 0.6) is 0 Å². The molecule has 1 aromatic carbocycles. The number of carbonyl (C=O) groups excluding carboxylic acids is 2. The number of hydrogen-bond donors (Lipinski definition) is 0. The van der Waals surface area contributed by atoms with Crippen molar-refractivity contribution in [3.05, 3.63) is 53.9 Å². The lowest BCUT2D eigenvalue weighted by atomic mass is 9.85. The zero-order chi connectivity index (χ0) is 19.6. The van der Waals surface area contributed by atoms with Crippen molar-refractivity contribution in [3.63, 3.8) is 0 Å². The molecular formula is C22H28N4O2. The molecule has 0 N–H and O–H groups in total. The van der Waals surface area contributed by atoms with Gasteiger partial charge < -0.3 is 9.80 Å². The summed E-state index contributed by atoms with van der Waals surface area (Å²) in [5.41, 5.74) is 1.63. The lowest BCUT2D eigenvalue weighted by molar-refractivity contribution is -0.155. The van der Waals surface area contributed by atoms with Crippen molar-refractivity contribution in [2.24, 2.45) is 0 Å². The van der Waals surface area contributed by atoms with E-state index in [1.807, 2.05) is 41.1 Å². The van der Waals surface area contributed by atoms with Gasteiger partial charge in [0, 0.05) is 25.8 Å². The Balaban J connectivity index is 1.46. The molecule has 3 heterocycles. The molecule has 148 valence electrons. The normalized spacial score (nSPS) is 22.2. The number of carbonyl (C=O) groups is 2. The van der Waals surface area contributed by atoms with Crippen LogP contribution < -0.4 is 0 Å². The summed E-state index contributed by atoms with van der Waals surface area (Å²) in [6, 6.07) is 10.3. The van der Waals surface area contributed by atoms with Crippen LogP contribution in [0.15, 0.2) is 42.7 Å². The highest BCUT2D eigenvalue weighted by atomic mass is 16.2. The molecule has 0 radical (unpaired) electrons. The van der Waals surface area contributed by atoms with Crippen molar-refractivity contribution in [3.8, 4) is 0 Å². The van der Waals surface area contributed by atoms with E-state index in [0.717, 1.165) is 44.2 Å². The van der Waals surface area contributed by atoms with Crippen molar-refractivity contribution in [2.75, 3.05) is 19.6 Å². The Morgan fingerprint density at radius 2 is 1.89 bits per heavy atom. The number of hydrogen-bond acceptors (Lipinski definition) is 3. The Kier molecular flexibility index (Phi) is 5.20. The van der Waals surface area contributed by atoms with Crippen LogP contribution in [0.1, 0.15) is 36.8 Å². The van der Waals surface area contributed by atoms with E-state index in [1.54, 1.807) is 10.9 Å². The molecule has 6 nitrogen and oxygen atoms in total. The SMILES string of the molecule is Cc1cnn(CC(=O)N2CCCC23CCCN(CCc2ccccc2)C3=O)c1. The first kappa shape index (κ1) is 18.7. The summed E-state index contributed by atoms with van der Waals surface area (Å²) in [6.45, 7) is 4.32. The standard InChI is InChI=1S/C22H28N4O2/c1-18-15-23-25(16-18)17-20(27)26-13-6-11-22(26)10-5-12-24(21(22)28)14-9-19-7-3-2-4-8-19/h2-4,7-8,15-16H,5-6,9-14,17H2,1H3. The lowest BCUT2D eigenvalue weighted by Gasteiger charge is -2.44. The highest BCUT2D eigenvalue weighted by Gasteiger charge is 2.52. The summed E-state index contributed by atoms with van der Waals surface area (Å²) in [6.07, 6.45) is 7.87. The summed E-state index contributed by atoms with van der Waals surface area (Å²) in [4.78, 5) is 30.3. The number of nitrogens with zero attached hydrogens (tertiary/aromatic N) is 4. The van der Waals surface area contributed by atoms with Crippen LogP contribution in [0.4, 0.5) is 0 Å². The summed E-state index contributed by atoms with van der Waals surface area (Å²) in [5, 5.41) is 4.23. The van der Waals surface area contributed by atoms with Gasteiger partial charge in [0.1, 0.15) is 12.1 Å². The number of piperidine rings is 1. The van der Waals surface area contributed by atoms with Crippen molar-refractivity contribution in [1.82, 2.24) is 19.6 Å². The summed E-state index contributed by atoms with van der Waals surface area (Å²) in [7, 11) is 0. The predicted molar refractivity (Wildman–Crippen MR) is 107 cm³/mol. The number of likely N-dealkylation sites (tertiary alicyclic amines) is 2. The molecule has 2 aromatic rings. The van der Waals surface area contributed by atoms with Gasteiger partial charge in [0.05, 0.1) is 6.20 Å². The number of benzene rings is 1. The van der Waals surface area contributed by atoms with Gasteiger partial charge in [-0.3, -0.25) is 14.3 Å². The number of aryl methyl sites for hydroxylation is 1. The van der Waals surface area contributed by atoms with E-state index in [0.29, 0.717) is 13.1 Å². The smallest absolute Gasteiger partial charge is 0.248 e. The molecule has 2 fully saturated rings. The number of amides is 2. The molecule has 0 saturated carbocycles. The number of rotatable bonds is 5. The fraction of sp³-hybridized carbons (Fsp3) is 0.500. The zero-order valence-corrected chi connectivity index (χ0v) is 16.5. The molecule has 2 amide bonds. The van der Waals surface area contributed by atoms with Gasteiger partial charge in [0.15, 0.2) is 0 Å². The van der Waals surface area contributed by atoms with Crippen LogP contribution in [0.2, 0.25) is 0 Å². The number of aromatic nitrogens is 2. The Morgan fingerprint density at radius 1 is 1.14 bits per heavy atom. The fourth-order valence-electron chi connectivity index (χ4n) is 4.69. The highest BCUT2D eigenvalue weighted by Crippen LogP contribution is 2.38. The molecular weight excluding hydrogens is 352 g/mol. The Hall–Kier alpha value is -2.63. The molecule has 0 aliphatic carbocycles.